The van der Waals surface area contributed by atoms with Crippen LogP contribution < -0.4 is 5.73 Å². The molecule has 19 heavy (non-hydrogen) atoms. The second kappa shape index (κ2) is 6.74. The van der Waals surface area contributed by atoms with E-state index in [1.807, 2.05) is 0 Å². The Morgan fingerprint density at radius 1 is 1.16 bits per heavy atom. The van der Waals surface area contributed by atoms with Crippen LogP contribution in [0.1, 0.15) is 42.9 Å². The fourth-order valence-corrected chi connectivity index (χ4v) is 3.68. The molecule has 2 nitrogen and oxygen atoms in total. The van der Waals surface area contributed by atoms with Crippen molar-refractivity contribution in [3.8, 4) is 0 Å². The monoisotopic (exact) mass is 280 g/mol. The Morgan fingerprint density at radius 3 is 2.84 bits per heavy atom. The van der Waals surface area contributed by atoms with Crippen LogP contribution in [0.3, 0.4) is 0 Å². The molecule has 0 aromatic heterocycles. The fraction of sp³-hybridized carbons (Fsp3) is 0.625. The van der Waals surface area contributed by atoms with E-state index >= 15 is 0 Å². The molecule has 1 saturated heterocycles. The lowest BCUT2D eigenvalue weighted by Gasteiger charge is -2.40. The average molecular weight is 281 g/mol. The minimum atomic E-state index is 0. The van der Waals surface area contributed by atoms with E-state index in [0.29, 0.717) is 12.0 Å². The minimum Gasteiger partial charge on any atom is -0.330 e. The average Bonchev–Trinajstić information content (AvgIpc) is 2.47. The van der Waals surface area contributed by atoms with Crippen molar-refractivity contribution in [2.45, 2.75) is 38.1 Å². The summed E-state index contributed by atoms with van der Waals surface area (Å²) >= 11 is 0. The van der Waals surface area contributed by atoms with E-state index in [-0.39, 0.29) is 12.4 Å². The Morgan fingerprint density at radius 2 is 2.00 bits per heavy atom. The van der Waals surface area contributed by atoms with Crippen molar-refractivity contribution in [3.05, 3.63) is 35.4 Å². The van der Waals surface area contributed by atoms with Gasteiger partial charge in [-0.3, -0.25) is 4.90 Å². The van der Waals surface area contributed by atoms with Crippen molar-refractivity contribution in [2.75, 3.05) is 19.6 Å². The van der Waals surface area contributed by atoms with Crippen molar-refractivity contribution in [3.63, 3.8) is 0 Å². The zero-order valence-electron chi connectivity index (χ0n) is 11.6. The Bertz CT molecular complexity index is 407. The molecule has 2 unspecified atom stereocenters. The van der Waals surface area contributed by atoms with E-state index in [9.17, 15) is 0 Å². The van der Waals surface area contributed by atoms with Gasteiger partial charge < -0.3 is 5.73 Å². The van der Waals surface area contributed by atoms with Crippen LogP contribution in [0.5, 0.6) is 0 Å². The maximum Gasteiger partial charge on any atom is 0.0351 e. The first-order valence-electron chi connectivity index (χ1n) is 7.40. The van der Waals surface area contributed by atoms with Gasteiger partial charge in [0.15, 0.2) is 0 Å². The van der Waals surface area contributed by atoms with Crippen LogP contribution in [-0.4, -0.2) is 24.5 Å². The molecule has 2 aliphatic rings. The number of nitrogens with two attached hydrogens (primary N) is 1. The first-order chi connectivity index (χ1) is 8.88. The van der Waals surface area contributed by atoms with E-state index in [4.69, 9.17) is 5.73 Å². The summed E-state index contributed by atoms with van der Waals surface area (Å²) in [5.74, 6) is 0.716. The quantitative estimate of drug-likeness (QED) is 0.902. The molecule has 3 heteroatoms. The van der Waals surface area contributed by atoms with Crippen LogP contribution in [0.25, 0.3) is 0 Å². The highest BCUT2D eigenvalue weighted by molar-refractivity contribution is 5.85. The normalized spacial score (nSPS) is 27.4. The Hall–Kier alpha value is -0.570. The minimum absolute atomic E-state index is 0. The van der Waals surface area contributed by atoms with Gasteiger partial charge in [0.05, 0.1) is 0 Å². The van der Waals surface area contributed by atoms with Gasteiger partial charge in [0.2, 0.25) is 0 Å². The van der Waals surface area contributed by atoms with Gasteiger partial charge in [-0.2, -0.15) is 0 Å². The maximum absolute atomic E-state index is 5.86. The number of nitrogens with zero attached hydrogens (tertiary/aromatic N) is 1. The van der Waals surface area contributed by atoms with Gasteiger partial charge in [-0.15, -0.1) is 12.4 Å². The molecule has 1 aromatic carbocycles. The molecule has 1 aromatic rings. The van der Waals surface area contributed by atoms with Crippen LogP contribution in [0.4, 0.5) is 0 Å². The van der Waals surface area contributed by atoms with Gasteiger partial charge in [0.1, 0.15) is 0 Å². The number of aryl methyl sites for hydroxylation is 1. The summed E-state index contributed by atoms with van der Waals surface area (Å²) in [6.45, 7) is 3.32. The maximum atomic E-state index is 5.86. The van der Waals surface area contributed by atoms with E-state index in [1.54, 1.807) is 11.1 Å². The van der Waals surface area contributed by atoms with Crippen molar-refractivity contribution in [1.82, 2.24) is 4.90 Å². The molecule has 0 radical (unpaired) electrons. The molecular weight excluding hydrogens is 256 g/mol. The predicted octanol–water partition coefficient (Wildman–Crippen LogP) is 3.16. The van der Waals surface area contributed by atoms with Crippen LogP contribution in [0.2, 0.25) is 0 Å². The zero-order valence-corrected chi connectivity index (χ0v) is 12.4. The lowest BCUT2D eigenvalue weighted by Crippen LogP contribution is -2.41. The highest BCUT2D eigenvalue weighted by Crippen LogP contribution is 2.36. The van der Waals surface area contributed by atoms with Gasteiger partial charge in [0.25, 0.3) is 0 Å². The number of piperidine rings is 1. The first-order valence-corrected chi connectivity index (χ1v) is 7.40. The number of fused-ring (bicyclic) bond motifs is 1. The molecule has 0 bridgehead atoms. The molecule has 1 heterocycles. The number of hydrogen-bond donors (Lipinski definition) is 1. The molecule has 3 rings (SSSR count). The van der Waals surface area contributed by atoms with E-state index < -0.39 is 0 Å². The number of hydrogen-bond acceptors (Lipinski definition) is 2. The molecule has 106 valence electrons. The number of benzene rings is 1. The summed E-state index contributed by atoms with van der Waals surface area (Å²) in [7, 11) is 0. The molecule has 1 aliphatic heterocycles. The SMILES string of the molecule is Cl.NCC1CCCN(C2CCCc3ccccc32)C1. The molecule has 2 atom stereocenters. The third-order valence-corrected chi connectivity index (χ3v) is 4.66. The van der Waals surface area contributed by atoms with Crippen LogP contribution >= 0.6 is 12.4 Å². The van der Waals surface area contributed by atoms with Gasteiger partial charge in [-0.05, 0) is 62.2 Å². The Balaban J connectivity index is 0.00000133. The van der Waals surface area contributed by atoms with Crippen molar-refractivity contribution in [1.29, 1.82) is 0 Å². The van der Waals surface area contributed by atoms with E-state index in [2.05, 4.69) is 29.2 Å². The Kier molecular flexibility index (Phi) is 5.26. The van der Waals surface area contributed by atoms with Crippen LogP contribution in [-0.2, 0) is 6.42 Å². The molecule has 2 N–H and O–H groups in total. The highest BCUT2D eigenvalue weighted by atomic mass is 35.5. The second-order valence-corrected chi connectivity index (χ2v) is 5.85. The summed E-state index contributed by atoms with van der Waals surface area (Å²) in [5, 5.41) is 0. The summed E-state index contributed by atoms with van der Waals surface area (Å²) in [6.07, 6.45) is 6.57. The largest absolute Gasteiger partial charge is 0.330 e. The van der Waals surface area contributed by atoms with Crippen molar-refractivity contribution in [2.24, 2.45) is 11.7 Å². The lowest BCUT2D eigenvalue weighted by molar-refractivity contribution is 0.114. The number of halogens is 1. The molecule has 0 amide bonds. The lowest BCUT2D eigenvalue weighted by atomic mass is 9.85. The van der Waals surface area contributed by atoms with Gasteiger partial charge >= 0.3 is 0 Å². The fourth-order valence-electron chi connectivity index (χ4n) is 3.68. The molecule has 1 aliphatic carbocycles. The zero-order chi connectivity index (χ0) is 12.4. The van der Waals surface area contributed by atoms with Gasteiger partial charge in [-0.25, -0.2) is 0 Å². The Labute approximate surface area is 122 Å². The van der Waals surface area contributed by atoms with Gasteiger partial charge in [0, 0.05) is 12.6 Å². The number of likely N-dealkylation sites (tertiary alicyclic amines) is 1. The van der Waals surface area contributed by atoms with Gasteiger partial charge in [-0.1, -0.05) is 24.3 Å². The predicted molar refractivity (Wildman–Crippen MR) is 82.7 cm³/mol. The molecule has 0 spiro atoms. The standard InChI is InChI=1S/C16H24N2.ClH/c17-11-13-5-4-10-18(12-13)16-9-3-7-14-6-1-2-8-15(14)16;/h1-2,6,8,13,16H,3-5,7,9-12,17H2;1H. The summed E-state index contributed by atoms with van der Waals surface area (Å²) < 4.78 is 0. The third kappa shape index (κ3) is 3.13. The summed E-state index contributed by atoms with van der Waals surface area (Å²) in [5.41, 5.74) is 9.02. The number of rotatable bonds is 2. The van der Waals surface area contributed by atoms with Crippen LogP contribution in [0.15, 0.2) is 24.3 Å². The summed E-state index contributed by atoms with van der Waals surface area (Å²) in [6, 6.07) is 9.68. The molecule has 0 saturated carbocycles. The van der Waals surface area contributed by atoms with Crippen molar-refractivity contribution >= 4 is 12.4 Å². The van der Waals surface area contributed by atoms with E-state index in [1.165, 1.54) is 45.2 Å². The summed E-state index contributed by atoms with van der Waals surface area (Å²) in [4.78, 5) is 2.69. The highest BCUT2D eigenvalue weighted by Gasteiger charge is 2.29. The first kappa shape index (κ1) is 14.8. The second-order valence-electron chi connectivity index (χ2n) is 5.85. The smallest absolute Gasteiger partial charge is 0.0351 e. The van der Waals surface area contributed by atoms with Crippen LogP contribution in [0, 0.1) is 5.92 Å². The van der Waals surface area contributed by atoms with E-state index in [0.717, 1.165) is 6.54 Å². The molecule has 1 fully saturated rings. The third-order valence-electron chi connectivity index (χ3n) is 4.66. The van der Waals surface area contributed by atoms with Crippen molar-refractivity contribution < 1.29 is 0 Å². The molecular formula is C16H25ClN2. The topological polar surface area (TPSA) is 29.3 Å².